The average Bonchev–Trinajstić information content (AvgIpc) is 3.01. The summed E-state index contributed by atoms with van der Waals surface area (Å²) in [6.45, 7) is 3.54. The lowest BCUT2D eigenvalue weighted by molar-refractivity contribution is 0.0950. The van der Waals surface area contributed by atoms with Crippen molar-refractivity contribution >= 4 is 17.2 Å². The average molecular weight is 333 g/mol. The SMILES string of the molecule is O=C(NCc1nc(CN2CCCCC2)cs1)c1cccc(F)c1. The second kappa shape index (κ2) is 7.66. The molecule has 6 heteroatoms. The molecule has 2 heterocycles. The van der Waals surface area contributed by atoms with Crippen molar-refractivity contribution in [1.82, 2.24) is 15.2 Å². The molecule has 122 valence electrons. The van der Waals surface area contributed by atoms with Gasteiger partial charge in [-0.25, -0.2) is 9.37 Å². The molecule has 1 saturated heterocycles. The van der Waals surface area contributed by atoms with E-state index in [-0.39, 0.29) is 5.91 Å². The number of halogens is 1. The number of hydrogen-bond acceptors (Lipinski definition) is 4. The molecule has 3 rings (SSSR count). The van der Waals surface area contributed by atoms with Crippen LogP contribution in [0.2, 0.25) is 0 Å². The highest BCUT2D eigenvalue weighted by atomic mass is 32.1. The molecular formula is C17H20FN3OS. The maximum atomic E-state index is 13.1. The third kappa shape index (κ3) is 4.59. The molecule has 1 aliphatic heterocycles. The van der Waals surface area contributed by atoms with Gasteiger partial charge in [0.1, 0.15) is 10.8 Å². The fraction of sp³-hybridized carbons (Fsp3) is 0.412. The molecule has 1 aromatic heterocycles. The Balaban J connectivity index is 1.51. The van der Waals surface area contributed by atoms with E-state index in [1.807, 2.05) is 0 Å². The molecule has 0 spiro atoms. The Kier molecular flexibility index (Phi) is 5.35. The first kappa shape index (κ1) is 16.1. The largest absolute Gasteiger partial charge is 0.346 e. The number of piperidine rings is 1. The van der Waals surface area contributed by atoms with Gasteiger partial charge in [-0.3, -0.25) is 9.69 Å². The smallest absolute Gasteiger partial charge is 0.251 e. The summed E-state index contributed by atoms with van der Waals surface area (Å²) in [6, 6.07) is 5.69. The predicted octanol–water partition coefficient (Wildman–Crippen LogP) is 3.20. The van der Waals surface area contributed by atoms with Crippen LogP contribution in [0.1, 0.15) is 40.3 Å². The molecule has 0 aliphatic carbocycles. The molecular weight excluding hydrogens is 313 g/mol. The van der Waals surface area contributed by atoms with E-state index in [9.17, 15) is 9.18 Å². The van der Waals surface area contributed by atoms with Crippen LogP contribution in [0, 0.1) is 5.82 Å². The third-order valence-corrected chi connectivity index (χ3v) is 4.82. The van der Waals surface area contributed by atoms with Gasteiger partial charge in [-0.2, -0.15) is 0 Å². The number of carbonyl (C=O) groups is 1. The Morgan fingerprint density at radius 2 is 2.13 bits per heavy atom. The highest BCUT2D eigenvalue weighted by molar-refractivity contribution is 7.09. The maximum absolute atomic E-state index is 13.1. The van der Waals surface area contributed by atoms with Crippen LogP contribution < -0.4 is 5.32 Å². The first-order chi connectivity index (χ1) is 11.2. The van der Waals surface area contributed by atoms with Gasteiger partial charge in [0.2, 0.25) is 0 Å². The molecule has 0 atom stereocenters. The van der Waals surface area contributed by atoms with Crippen molar-refractivity contribution in [2.75, 3.05) is 13.1 Å². The summed E-state index contributed by atoms with van der Waals surface area (Å²) in [4.78, 5) is 19.0. The zero-order chi connectivity index (χ0) is 16.1. The van der Waals surface area contributed by atoms with Crippen molar-refractivity contribution in [2.45, 2.75) is 32.4 Å². The van der Waals surface area contributed by atoms with Crippen molar-refractivity contribution in [3.8, 4) is 0 Å². The number of likely N-dealkylation sites (tertiary alicyclic amines) is 1. The van der Waals surface area contributed by atoms with Gasteiger partial charge in [0.15, 0.2) is 0 Å². The number of amides is 1. The molecule has 2 aromatic rings. The predicted molar refractivity (Wildman–Crippen MR) is 88.8 cm³/mol. The molecule has 0 saturated carbocycles. The summed E-state index contributed by atoms with van der Waals surface area (Å²) in [5, 5.41) is 5.72. The highest BCUT2D eigenvalue weighted by Gasteiger charge is 2.13. The van der Waals surface area contributed by atoms with E-state index in [4.69, 9.17) is 0 Å². The zero-order valence-electron chi connectivity index (χ0n) is 12.9. The number of nitrogens with zero attached hydrogens (tertiary/aromatic N) is 2. The Hall–Kier alpha value is -1.79. The van der Waals surface area contributed by atoms with Crippen LogP contribution in [0.3, 0.4) is 0 Å². The Bertz CT molecular complexity index is 667. The lowest BCUT2D eigenvalue weighted by Gasteiger charge is -2.25. The maximum Gasteiger partial charge on any atom is 0.251 e. The topological polar surface area (TPSA) is 45.2 Å². The molecule has 1 fully saturated rings. The Morgan fingerprint density at radius 1 is 1.30 bits per heavy atom. The number of rotatable bonds is 5. The van der Waals surface area contributed by atoms with Crippen molar-refractivity contribution in [3.05, 3.63) is 51.7 Å². The van der Waals surface area contributed by atoms with E-state index in [1.165, 1.54) is 37.5 Å². The molecule has 1 aliphatic rings. The van der Waals surface area contributed by atoms with E-state index in [0.29, 0.717) is 12.1 Å². The van der Waals surface area contributed by atoms with E-state index >= 15 is 0 Å². The van der Waals surface area contributed by atoms with Crippen LogP contribution in [0.25, 0.3) is 0 Å². The first-order valence-electron chi connectivity index (χ1n) is 7.90. The van der Waals surface area contributed by atoms with Gasteiger partial charge in [-0.15, -0.1) is 11.3 Å². The molecule has 23 heavy (non-hydrogen) atoms. The first-order valence-corrected chi connectivity index (χ1v) is 8.78. The van der Waals surface area contributed by atoms with Crippen LogP contribution in [0.15, 0.2) is 29.6 Å². The van der Waals surface area contributed by atoms with Gasteiger partial charge in [-0.1, -0.05) is 12.5 Å². The van der Waals surface area contributed by atoms with Crippen LogP contribution in [-0.2, 0) is 13.1 Å². The van der Waals surface area contributed by atoms with Crippen molar-refractivity contribution < 1.29 is 9.18 Å². The lowest BCUT2D eigenvalue weighted by Crippen LogP contribution is -2.29. The van der Waals surface area contributed by atoms with E-state index in [2.05, 4.69) is 20.6 Å². The summed E-state index contributed by atoms with van der Waals surface area (Å²) in [5.74, 6) is -0.687. The number of carbonyl (C=O) groups excluding carboxylic acids is 1. The molecule has 0 unspecified atom stereocenters. The second-order valence-corrected chi connectivity index (χ2v) is 6.71. The van der Waals surface area contributed by atoms with Gasteiger partial charge < -0.3 is 5.32 Å². The minimum absolute atomic E-state index is 0.280. The van der Waals surface area contributed by atoms with Crippen molar-refractivity contribution in [1.29, 1.82) is 0 Å². The Morgan fingerprint density at radius 3 is 2.91 bits per heavy atom. The van der Waals surface area contributed by atoms with Gasteiger partial charge in [0, 0.05) is 17.5 Å². The number of thiazole rings is 1. The number of aromatic nitrogens is 1. The number of benzene rings is 1. The highest BCUT2D eigenvalue weighted by Crippen LogP contribution is 2.15. The molecule has 4 nitrogen and oxygen atoms in total. The van der Waals surface area contributed by atoms with Crippen molar-refractivity contribution in [2.24, 2.45) is 0 Å². The monoisotopic (exact) mass is 333 g/mol. The van der Waals surface area contributed by atoms with E-state index in [0.717, 1.165) is 30.3 Å². The van der Waals surface area contributed by atoms with Gasteiger partial charge in [0.25, 0.3) is 5.91 Å². The molecule has 0 radical (unpaired) electrons. The van der Waals surface area contributed by atoms with E-state index in [1.54, 1.807) is 17.4 Å². The van der Waals surface area contributed by atoms with Gasteiger partial charge in [0.05, 0.1) is 12.2 Å². The van der Waals surface area contributed by atoms with E-state index < -0.39 is 5.82 Å². The molecule has 1 aromatic carbocycles. The molecule has 1 N–H and O–H groups in total. The number of hydrogen-bond donors (Lipinski definition) is 1. The molecule has 1 amide bonds. The fourth-order valence-electron chi connectivity index (χ4n) is 2.74. The normalized spacial score (nSPS) is 15.5. The van der Waals surface area contributed by atoms with Crippen LogP contribution in [0.5, 0.6) is 0 Å². The van der Waals surface area contributed by atoms with Crippen LogP contribution in [-0.4, -0.2) is 28.9 Å². The molecule has 0 bridgehead atoms. The quantitative estimate of drug-likeness (QED) is 0.914. The zero-order valence-corrected chi connectivity index (χ0v) is 13.7. The van der Waals surface area contributed by atoms with Crippen LogP contribution in [0.4, 0.5) is 4.39 Å². The summed E-state index contributed by atoms with van der Waals surface area (Å²) in [6.07, 6.45) is 3.85. The minimum Gasteiger partial charge on any atom is -0.346 e. The summed E-state index contributed by atoms with van der Waals surface area (Å²) < 4.78 is 13.1. The summed E-state index contributed by atoms with van der Waals surface area (Å²) in [5.41, 5.74) is 1.39. The van der Waals surface area contributed by atoms with Crippen molar-refractivity contribution in [3.63, 3.8) is 0 Å². The third-order valence-electron chi connectivity index (χ3n) is 3.92. The second-order valence-electron chi connectivity index (χ2n) is 5.76. The summed E-state index contributed by atoms with van der Waals surface area (Å²) in [7, 11) is 0. The summed E-state index contributed by atoms with van der Waals surface area (Å²) >= 11 is 1.55. The van der Waals surface area contributed by atoms with Crippen LogP contribution >= 0.6 is 11.3 Å². The number of nitrogens with one attached hydrogen (secondary N) is 1. The Labute approximate surface area is 139 Å². The lowest BCUT2D eigenvalue weighted by atomic mass is 10.1. The minimum atomic E-state index is -0.407. The van der Waals surface area contributed by atoms with Gasteiger partial charge in [-0.05, 0) is 44.1 Å². The fourth-order valence-corrected chi connectivity index (χ4v) is 3.46. The standard InChI is InChI=1S/C17H20FN3OS/c18-14-6-4-5-13(9-14)17(22)19-10-16-20-15(12-23-16)11-21-7-2-1-3-8-21/h4-6,9,12H,1-3,7-8,10-11H2,(H,19,22). The van der Waals surface area contributed by atoms with Gasteiger partial charge >= 0.3 is 0 Å².